The van der Waals surface area contributed by atoms with E-state index < -0.39 is 5.82 Å². The van der Waals surface area contributed by atoms with Crippen LogP contribution in [0.4, 0.5) is 15.9 Å². The molecular weight excluding hydrogens is 387 g/mol. The fourth-order valence-electron chi connectivity index (χ4n) is 2.64. The Morgan fingerprint density at radius 2 is 1.77 bits per heavy atom. The van der Waals surface area contributed by atoms with Crippen LogP contribution in [0.2, 0.25) is 0 Å². The van der Waals surface area contributed by atoms with E-state index in [9.17, 15) is 9.18 Å². The maximum Gasteiger partial charge on any atom is 0.444 e. The SMILES string of the molecule is CC(C)(C)c1ccnc(N(O[C]=O)c2ccc(Oc3ccnc(C#N)c3)cc2F)c1. The largest absolute Gasteiger partial charge is 0.457 e. The lowest BCUT2D eigenvalue weighted by atomic mass is 9.88. The molecule has 0 N–H and O–H groups in total. The first-order valence-corrected chi connectivity index (χ1v) is 8.96. The maximum atomic E-state index is 14.9. The van der Waals surface area contributed by atoms with Gasteiger partial charge in [-0.2, -0.15) is 10.3 Å². The molecule has 1 radical (unpaired) electrons. The van der Waals surface area contributed by atoms with Gasteiger partial charge in [0.05, 0.1) is 0 Å². The van der Waals surface area contributed by atoms with Gasteiger partial charge < -0.3 is 9.57 Å². The van der Waals surface area contributed by atoms with Crippen molar-refractivity contribution < 1.29 is 18.8 Å². The molecule has 0 saturated carbocycles. The van der Waals surface area contributed by atoms with Gasteiger partial charge in [0.25, 0.3) is 0 Å². The molecule has 0 aliphatic carbocycles. The molecule has 0 saturated heterocycles. The summed E-state index contributed by atoms with van der Waals surface area (Å²) in [7, 11) is 0. The second kappa shape index (κ2) is 8.57. The molecule has 0 spiro atoms. The Morgan fingerprint density at radius 1 is 1.03 bits per heavy atom. The zero-order valence-electron chi connectivity index (χ0n) is 16.6. The monoisotopic (exact) mass is 405 g/mol. The molecule has 3 rings (SSSR count). The Balaban J connectivity index is 1.93. The van der Waals surface area contributed by atoms with Crippen LogP contribution in [0, 0.1) is 17.1 Å². The summed E-state index contributed by atoms with van der Waals surface area (Å²) in [6.07, 6.45) is 2.98. The summed E-state index contributed by atoms with van der Waals surface area (Å²) in [6.45, 7) is 7.38. The lowest BCUT2D eigenvalue weighted by Gasteiger charge is -2.23. The molecule has 30 heavy (non-hydrogen) atoms. The number of benzene rings is 1. The van der Waals surface area contributed by atoms with Crippen LogP contribution in [-0.4, -0.2) is 16.4 Å². The van der Waals surface area contributed by atoms with Crippen molar-refractivity contribution in [3.8, 4) is 17.6 Å². The predicted octanol–water partition coefficient (Wildman–Crippen LogP) is 4.71. The van der Waals surface area contributed by atoms with Gasteiger partial charge in [-0.15, -0.1) is 0 Å². The standard InChI is InChI=1S/C22H18FN4O3/c1-22(2,3)15-6-8-26-21(10-15)27(29-14-28)20-5-4-17(12-19(20)23)30-18-7-9-25-16(11-18)13-24/h4-12H,1-3H3. The van der Waals surface area contributed by atoms with E-state index in [1.165, 1.54) is 30.9 Å². The smallest absolute Gasteiger partial charge is 0.444 e. The van der Waals surface area contributed by atoms with Crippen LogP contribution >= 0.6 is 0 Å². The van der Waals surface area contributed by atoms with Gasteiger partial charge in [-0.1, -0.05) is 20.8 Å². The van der Waals surface area contributed by atoms with Crippen molar-refractivity contribution in [2.75, 3.05) is 5.06 Å². The fourth-order valence-corrected chi connectivity index (χ4v) is 2.64. The highest BCUT2D eigenvalue weighted by Gasteiger charge is 2.21. The van der Waals surface area contributed by atoms with Crippen LogP contribution in [0.15, 0.2) is 54.9 Å². The molecular formula is C22H18FN4O3. The molecule has 0 unspecified atom stereocenters. The Morgan fingerprint density at radius 3 is 2.43 bits per heavy atom. The Labute approximate surface area is 173 Å². The third kappa shape index (κ3) is 4.70. The Hall–Kier alpha value is -3.99. The van der Waals surface area contributed by atoms with E-state index >= 15 is 0 Å². The molecule has 2 heterocycles. The van der Waals surface area contributed by atoms with Crippen LogP contribution in [0.25, 0.3) is 0 Å². The number of rotatable bonds is 6. The molecule has 0 atom stereocenters. The lowest BCUT2D eigenvalue weighted by molar-refractivity contribution is 0.276. The first-order valence-electron chi connectivity index (χ1n) is 8.96. The average Bonchev–Trinajstić information content (AvgIpc) is 2.72. The topological polar surface area (TPSA) is 88.3 Å². The highest BCUT2D eigenvalue weighted by atomic mass is 19.1. The van der Waals surface area contributed by atoms with Gasteiger partial charge in [0.2, 0.25) is 0 Å². The molecule has 0 fully saturated rings. The van der Waals surface area contributed by atoms with Crippen LogP contribution in [0.5, 0.6) is 11.5 Å². The molecule has 2 aromatic heterocycles. The number of pyridine rings is 2. The highest BCUT2D eigenvalue weighted by Crippen LogP contribution is 2.33. The van der Waals surface area contributed by atoms with E-state index in [4.69, 9.17) is 14.8 Å². The van der Waals surface area contributed by atoms with E-state index in [1.54, 1.807) is 18.3 Å². The number of halogens is 1. The van der Waals surface area contributed by atoms with Crippen LogP contribution in [0.1, 0.15) is 32.0 Å². The normalized spacial score (nSPS) is 10.8. The Bertz CT molecular complexity index is 1110. The van der Waals surface area contributed by atoms with Crippen LogP contribution in [0.3, 0.4) is 0 Å². The summed E-state index contributed by atoms with van der Waals surface area (Å²) >= 11 is 0. The molecule has 8 heteroatoms. The number of nitrogens with zero attached hydrogens (tertiary/aromatic N) is 4. The summed E-state index contributed by atoms with van der Waals surface area (Å²) in [5.41, 5.74) is 0.877. The number of hydrogen-bond donors (Lipinski definition) is 0. The van der Waals surface area contributed by atoms with Gasteiger partial charge in [-0.25, -0.2) is 19.2 Å². The summed E-state index contributed by atoms with van der Waals surface area (Å²) < 4.78 is 20.5. The summed E-state index contributed by atoms with van der Waals surface area (Å²) in [6, 6.07) is 12.5. The first-order chi connectivity index (χ1) is 14.3. The molecule has 0 bridgehead atoms. The second-order valence-electron chi connectivity index (χ2n) is 7.33. The molecule has 3 aromatic rings. The van der Waals surface area contributed by atoms with Crippen molar-refractivity contribution in [3.63, 3.8) is 0 Å². The number of ether oxygens (including phenoxy) is 1. The summed E-state index contributed by atoms with van der Waals surface area (Å²) in [5.74, 6) is 0.0479. The van der Waals surface area contributed by atoms with Crippen molar-refractivity contribution in [2.24, 2.45) is 0 Å². The molecule has 7 nitrogen and oxygen atoms in total. The van der Waals surface area contributed by atoms with Gasteiger partial charge >= 0.3 is 6.47 Å². The minimum Gasteiger partial charge on any atom is -0.457 e. The van der Waals surface area contributed by atoms with Crippen molar-refractivity contribution in [1.29, 1.82) is 5.26 Å². The maximum absolute atomic E-state index is 14.9. The van der Waals surface area contributed by atoms with Crippen molar-refractivity contribution in [1.82, 2.24) is 9.97 Å². The second-order valence-corrected chi connectivity index (χ2v) is 7.33. The summed E-state index contributed by atoms with van der Waals surface area (Å²) in [4.78, 5) is 23.9. The molecule has 0 amide bonds. The third-order valence-corrected chi connectivity index (χ3v) is 4.17. The third-order valence-electron chi connectivity index (χ3n) is 4.17. The van der Waals surface area contributed by atoms with Gasteiger partial charge in [0.15, 0.2) is 11.6 Å². The zero-order chi connectivity index (χ0) is 21.7. The van der Waals surface area contributed by atoms with Crippen LogP contribution < -0.4 is 9.80 Å². The molecule has 0 aliphatic heterocycles. The van der Waals surface area contributed by atoms with Crippen LogP contribution in [-0.2, 0) is 15.0 Å². The van der Waals surface area contributed by atoms with E-state index in [-0.39, 0.29) is 28.4 Å². The van der Waals surface area contributed by atoms with Crippen molar-refractivity contribution >= 4 is 18.0 Å². The lowest BCUT2D eigenvalue weighted by Crippen LogP contribution is -2.20. The zero-order valence-corrected chi connectivity index (χ0v) is 16.6. The number of hydrogen-bond acceptors (Lipinski definition) is 7. The Kier molecular flexibility index (Phi) is 5.93. The predicted molar refractivity (Wildman–Crippen MR) is 107 cm³/mol. The summed E-state index contributed by atoms with van der Waals surface area (Å²) in [5, 5.41) is 9.87. The number of aromatic nitrogens is 2. The van der Waals surface area contributed by atoms with Crippen molar-refractivity contribution in [3.05, 3.63) is 71.9 Å². The van der Waals surface area contributed by atoms with Crippen molar-refractivity contribution in [2.45, 2.75) is 26.2 Å². The minimum absolute atomic E-state index is 0.0447. The first kappa shape index (κ1) is 20.7. The van der Waals surface area contributed by atoms with Gasteiger partial charge in [-0.3, -0.25) is 0 Å². The molecule has 1 aromatic carbocycles. The van der Waals surface area contributed by atoms with E-state index in [0.717, 1.165) is 16.7 Å². The van der Waals surface area contributed by atoms with E-state index in [2.05, 4.69) is 9.97 Å². The molecule has 151 valence electrons. The molecule has 0 aliphatic rings. The number of carbonyl (C=O) groups excluding carboxylic acids is 1. The van der Waals surface area contributed by atoms with E-state index in [0.29, 0.717) is 5.75 Å². The van der Waals surface area contributed by atoms with Gasteiger partial charge in [0.1, 0.15) is 28.9 Å². The van der Waals surface area contributed by atoms with Gasteiger partial charge in [-0.05, 0) is 41.3 Å². The minimum atomic E-state index is -0.708. The number of nitriles is 1. The van der Waals surface area contributed by atoms with Gasteiger partial charge in [0, 0.05) is 24.5 Å². The highest BCUT2D eigenvalue weighted by molar-refractivity contribution is 5.62. The quantitative estimate of drug-likeness (QED) is 0.549. The fraction of sp³-hybridized carbons (Fsp3) is 0.182. The number of anilines is 2. The van der Waals surface area contributed by atoms with E-state index in [1.807, 2.05) is 32.9 Å². The average molecular weight is 405 g/mol.